The summed E-state index contributed by atoms with van der Waals surface area (Å²) in [5, 5.41) is 15.4. The Labute approximate surface area is 163 Å². The average Bonchev–Trinajstić information content (AvgIpc) is 3.16. The normalized spacial score (nSPS) is 24.1. The van der Waals surface area contributed by atoms with Crippen LogP contribution in [0.5, 0.6) is 0 Å². The lowest BCUT2D eigenvalue weighted by molar-refractivity contribution is -0.166. The van der Waals surface area contributed by atoms with Crippen LogP contribution in [0.2, 0.25) is 5.15 Å². The van der Waals surface area contributed by atoms with Gasteiger partial charge in [0, 0.05) is 20.8 Å². The van der Waals surface area contributed by atoms with Crippen molar-refractivity contribution in [2.45, 2.75) is 45.3 Å². The first-order valence-electron chi connectivity index (χ1n) is 8.13. The summed E-state index contributed by atoms with van der Waals surface area (Å²) in [5.41, 5.74) is 0.617. The lowest BCUT2D eigenvalue weighted by Crippen LogP contribution is -2.40. The van der Waals surface area contributed by atoms with Crippen molar-refractivity contribution in [1.82, 2.24) is 25.2 Å². The predicted octanol–water partition coefficient (Wildman–Crippen LogP) is 0.199. The van der Waals surface area contributed by atoms with Gasteiger partial charge in [0.15, 0.2) is 29.1 Å². The van der Waals surface area contributed by atoms with Gasteiger partial charge < -0.3 is 18.9 Å². The van der Waals surface area contributed by atoms with Crippen LogP contribution in [0.15, 0.2) is 6.20 Å². The van der Waals surface area contributed by atoms with Crippen LogP contribution < -0.4 is 0 Å². The number of hydrogen-bond donors (Lipinski definition) is 0. The highest BCUT2D eigenvalue weighted by molar-refractivity contribution is 6.33. The molecule has 0 saturated carbocycles. The standard InChI is InChI=1S/C15H16ClN5O7/c1-6(22)25-5-10-12(26-7(2)23)13(27-8(3)24)15(28-10)21-9-4-17-19-14(16)11(9)18-20-21/h4,10,12-13,15H,5H2,1-3H3/t10-,12-,13-,15-/m1/s1. The minimum Gasteiger partial charge on any atom is -0.463 e. The Morgan fingerprint density at radius 3 is 2.43 bits per heavy atom. The van der Waals surface area contributed by atoms with Crippen LogP contribution in [0.4, 0.5) is 0 Å². The number of nitrogens with zero attached hydrogens (tertiary/aromatic N) is 5. The molecule has 13 heteroatoms. The van der Waals surface area contributed by atoms with Crippen LogP contribution in [-0.4, -0.2) is 68.0 Å². The summed E-state index contributed by atoms with van der Waals surface area (Å²) in [6, 6.07) is 0. The second-order valence-electron chi connectivity index (χ2n) is 5.92. The molecule has 0 aliphatic carbocycles. The number of halogens is 1. The van der Waals surface area contributed by atoms with Gasteiger partial charge in [-0.2, -0.15) is 5.10 Å². The van der Waals surface area contributed by atoms with Gasteiger partial charge in [-0.3, -0.25) is 14.4 Å². The lowest BCUT2D eigenvalue weighted by atomic mass is 10.1. The smallest absolute Gasteiger partial charge is 0.303 e. The molecule has 1 aliphatic rings. The molecule has 2 aromatic heterocycles. The molecule has 0 bridgehead atoms. The van der Waals surface area contributed by atoms with Gasteiger partial charge in [-0.05, 0) is 0 Å². The fourth-order valence-electron chi connectivity index (χ4n) is 2.83. The van der Waals surface area contributed by atoms with Gasteiger partial charge in [-0.1, -0.05) is 16.8 Å². The van der Waals surface area contributed by atoms with Crippen molar-refractivity contribution in [2.75, 3.05) is 6.61 Å². The number of hydrogen-bond acceptors (Lipinski definition) is 11. The Morgan fingerprint density at radius 1 is 1.11 bits per heavy atom. The van der Waals surface area contributed by atoms with E-state index in [0.717, 1.165) is 0 Å². The zero-order chi connectivity index (χ0) is 20.4. The molecular weight excluding hydrogens is 398 g/mol. The molecule has 28 heavy (non-hydrogen) atoms. The second kappa shape index (κ2) is 8.02. The maximum absolute atomic E-state index is 11.6. The highest BCUT2D eigenvalue weighted by atomic mass is 35.5. The maximum Gasteiger partial charge on any atom is 0.303 e. The van der Waals surface area contributed by atoms with Crippen molar-refractivity contribution in [3.63, 3.8) is 0 Å². The van der Waals surface area contributed by atoms with E-state index in [1.807, 2.05) is 0 Å². The van der Waals surface area contributed by atoms with Gasteiger partial charge in [-0.25, -0.2) is 4.68 Å². The van der Waals surface area contributed by atoms with E-state index < -0.39 is 42.4 Å². The van der Waals surface area contributed by atoms with Gasteiger partial charge >= 0.3 is 17.9 Å². The summed E-state index contributed by atoms with van der Waals surface area (Å²) in [6.07, 6.45) is -2.73. The molecule has 2 aromatic rings. The number of fused-ring (bicyclic) bond motifs is 1. The Bertz CT molecular complexity index is 919. The van der Waals surface area contributed by atoms with Crippen molar-refractivity contribution in [3.05, 3.63) is 11.3 Å². The Balaban J connectivity index is 2.01. The van der Waals surface area contributed by atoms with E-state index in [2.05, 4.69) is 20.5 Å². The Hall–Kier alpha value is -2.86. The molecule has 3 heterocycles. The molecule has 1 aliphatic heterocycles. The van der Waals surface area contributed by atoms with Crippen molar-refractivity contribution in [3.8, 4) is 0 Å². The van der Waals surface area contributed by atoms with Gasteiger partial charge in [-0.15, -0.1) is 10.2 Å². The predicted molar refractivity (Wildman–Crippen MR) is 89.8 cm³/mol. The topological polar surface area (TPSA) is 145 Å². The van der Waals surface area contributed by atoms with Crippen LogP contribution >= 0.6 is 11.6 Å². The van der Waals surface area contributed by atoms with E-state index in [-0.39, 0.29) is 17.3 Å². The van der Waals surface area contributed by atoms with E-state index in [0.29, 0.717) is 5.52 Å². The summed E-state index contributed by atoms with van der Waals surface area (Å²) in [4.78, 5) is 34.4. The fourth-order valence-corrected chi connectivity index (χ4v) is 3.01. The first kappa shape index (κ1) is 19.9. The van der Waals surface area contributed by atoms with E-state index in [9.17, 15) is 14.4 Å². The molecule has 0 N–H and O–H groups in total. The third-order valence-corrected chi connectivity index (χ3v) is 4.09. The van der Waals surface area contributed by atoms with Crippen molar-refractivity contribution < 1.29 is 33.3 Å². The fraction of sp³-hybridized carbons (Fsp3) is 0.533. The van der Waals surface area contributed by atoms with Crippen LogP contribution in [0.1, 0.15) is 27.0 Å². The number of carbonyl (C=O) groups excluding carboxylic acids is 3. The van der Waals surface area contributed by atoms with Gasteiger partial charge in [0.2, 0.25) is 0 Å². The number of esters is 3. The van der Waals surface area contributed by atoms with Gasteiger partial charge in [0.25, 0.3) is 0 Å². The Kier molecular flexibility index (Phi) is 5.70. The van der Waals surface area contributed by atoms with E-state index in [1.54, 1.807) is 0 Å². The second-order valence-corrected chi connectivity index (χ2v) is 6.28. The van der Waals surface area contributed by atoms with Crippen molar-refractivity contribution in [1.29, 1.82) is 0 Å². The SMILES string of the molecule is CC(=O)OC[C@H]1O[C@@H](n2nnc3c(Cl)nncc32)[C@H](OC(C)=O)[C@@H]1OC(C)=O. The molecule has 150 valence electrons. The molecule has 1 saturated heterocycles. The van der Waals surface area contributed by atoms with Crippen LogP contribution in [0, 0.1) is 0 Å². The van der Waals surface area contributed by atoms with E-state index in [1.165, 1.54) is 31.6 Å². The number of ether oxygens (including phenoxy) is 4. The van der Waals surface area contributed by atoms with Gasteiger partial charge in [0.05, 0.1) is 6.20 Å². The number of carbonyl (C=O) groups is 3. The van der Waals surface area contributed by atoms with Crippen LogP contribution in [0.25, 0.3) is 11.0 Å². The molecule has 0 amide bonds. The number of aromatic nitrogens is 5. The first-order chi connectivity index (χ1) is 13.3. The largest absolute Gasteiger partial charge is 0.463 e. The summed E-state index contributed by atoms with van der Waals surface area (Å²) >= 11 is 5.97. The highest BCUT2D eigenvalue weighted by Crippen LogP contribution is 2.35. The molecule has 0 radical (unpaired) electrons. The quantitative estimate of drug-likeness (QED) is 0.489. The Morgan fingerprint density at radius 2 is 1.79 bits per heavy atom. The zero-order valence-electron chi connectivity index (χ0n) is 15.1. The lowest BCUT2D eigenvalue weighted by Gasteiger charge is -2.23. The first-order valence-corrected chi connectivity index (χ1v) is 8.51. The molecule has 4 atom stereocenters. The summed E-state index contributed by atoms with van der Waals surface area (Å²) < 4.78 is 22.8. The highest BCUT2D eigenvalue weighted by Gasteiger charge is 2.51. The summed E-state index contributed by atoms with van der Waals surface area (Å²) in [7, 11) is 0. The van der Waals surface area contributed by atoms with Gasteiger partial charge in [0.1, 0.15) is 18.2 Å². The van der Waals surface area contributed by atoms with E-state index in [4.69, 9.17) is 30.5 Å². The molecule has 0 unspecified atom stereocenters. The number of rotatable bonds is 5. The molecule has 3 rings (SSSR count). The van der Waals surface area contributed by atoms with Crippen LogP contribution in [-0.2, 0) is 33.3 Å². The van der Waals surface area contributed by atoms with Crippen LogP contribution in [0.3, 0.4) is 0 Å². The summed E-state index contributed by atoms with van der Waals surface area (Å²) in [6.45, 7) is 3.39. The summed E-state index contributed by atoms with van der Waals surface area (Å²) in [5.74, 6) is -1.81. The monoisotopic (exact) mass is 413 g/mol. The van der Waals surface area contributed by atoms with Crippen molar-refractivity contribution in [2.24, 2.45) is 0 Å². The van der Waals surface area contributed by atoms with Crippen molar-refractivity contribution >= 4 is 40.5 Å². The molecule has 12 nitrogen and oxygen atoms in total. The molecule has 0 spiro atoms. The maximum atomic E-state index is 11.6. The third kappa shape index (κ3) is 4.02. The average molecular weight is 414 g/mol. The van der Waals surface area contributed by atoms with E-state index >= 15 is 0 Å². The minimum atomic E-state index is -1.08. The molecular formula is C15H16ClN5O7. The minimum absolute atomic E-state index is 0.0267. The molecule has 0 aromatic carbocycles. The zero-order valence-corrected chi connectivity index (χ0v) is 15.8. The molecule has 1 fully saturated rings. The third-order valence-electron chi connectivity index (χ3n) is 3.83.